The smallest absolute Gasteiger partial charge is 0.337 e. The molecule has 7 heteroatoms. The molecule has 3 N–H and O–H groups in total. The molecule has 0 atom stereocenters. The molecule has 0 spiro atoms. The Bertz CT molecular complexity index is 654. The SMILES string of the molecule is O=C(Nc1c(F)cccc1C(=O)O)c1cc(Br)c[nH]1. The van der Waals surface area contributed by atoms with Crippen LogP contribution in [-0.2, 0) is 0 Å². The van der Waals surface area contributed by atoms with Gasteiger partial charge in [-0.25, -0.2) is 9.18 Å². The van der Waals surface area contributed by atoms with Crippen molar-refractivity contribution in [2.24, 2.45) is 0 Å². The summed E-state index contributed by atoms with van der Waals surface area (Å²) in [6.07, 6.45) is 1.54. The number of nitrogens with one attached hydrogen (secondary N) is 2. The number of benzene rings is 1. The van der Waals surface area contributed by atoms with E-state index in [1.807, 2.05) is 0 Å². The molecular weight excluding hydrogens is 319 g/mol. The Balaban J connectivity index is 2.33. The fourth-order valence-corrected chi connectivity index (χ4v) is 1.85. The molecular formula is C12H8BrFN2O3. The fourth-order valence-electron chi connectivity index (χ4n) is 1.51. The van der Waals surface area contributed by atoms with Gasteiger partial charge in [0, 0.05) is 10.7 Å². The number of aromatic amines is 1. The number of halogens is 2. The third-order valence-electron chi connectivity index (χ3n) is 2.37. The van der Waals surface area contributed by atoms with Crippen molar-refractivity contribution in [2.45, 2.75) is 0 Å². The van der Waals surface area contributed by atoms with Gasteiger partial charge in [0.2, 0.25) is 0 Å². The summed E-state index contributed by atoms with van der Waals surface area (Å²) in [4.78, 5) is 25.5. The Morgan fingerprint density at radius 3 is 2.68 bits per heavy atom. The van der Waals surface area contributed by atoms with Gasteiger partial charge in [-0.1, -0.05) is 6.07 Å². The van der Waals surface area contributed by atoms with Gasteiger partial charge in [0.25, 0.3) is 5.91 Å². The minimum atomic E-state index is -1.32. The van der Waals surface area contributed by atoms with Crippen LogP contribution in [-0.4, -0.2) is 22.0 Å². The molecule has 0 aliphatic heterocycles. The lowest BCUT2D eigenvalue weighted by atomic mass is 10.1. The first kappa shape index (κ1) is 13.3. The average molecular weight is 327 g/mol. The first-order valence-corrected chi connectivity index (χ1v) is 5.95. The van der Waals surface area contributed by atoms with Crippen LogP contribution in [0.25, 0.3) is 0 Å². The Labute approximate surface area is 115 Å². The van der Waals surface area contributed by atoms with E-state index < -0.39 is 17.7 Å². The van der Waals surface area contributed by atoms with Gasteiger partial charge < -0.3 is 15.4 Å². The number of carbonyl (C=O) groups is 2. The van der Waals surface area contributed by atoms with Crippen molar-refractivity contribution < 1.29 is 19.1 Å². The molecule has 2 aromatic rings. The zero-order chi connectivity index (χ0) is 14.0. The molecule has 0 saturated heterocycles. The third kappa shape index (κ3) is 2.82. The van der Waals surface area contributed by atoms with Gasteiger partial charge in [-0.15, -0.1) is 0 Å². The lowest BCUT2D eigenvalue weighted by Gasteiger charge is -2.08. The van der Waals surface area contributed by atoms with Crippen molar-refractivity contribution in [1.29, 1.82) is 0 Å². The summed E-state index contributed by atoms with van der Waals surface area (Å²) in [5.41, 5.74) is -0.476. The summed E-state index contributed by atoms with van der Waals surface area (Å²) in [7, 11) is 0. The van der Waals surface area contributed by atoms with Gasteiger partial charge in [-0.05, 0) is 34.1 Å². The standard InChI is InChI=1S/C12H8BrFN2O3/c13-6-4-9(15-5-6)11(17)16-10-7(12(18)19)2-1-3-8(10)14/h1-5,15H,(H,16,17)(H,18,19). The predicted molar refractivity (Wildman–Crippen MR) is 69.8 cm³/mol. The van der Waals surface area contributed by atoms with Crippen LogP contribution in [0.3, 0.4) is 0 Å². The highest BCUT2D eigenvalue weighted by Gasteiger charge is 2.17. The highest BCUT2D eigenvalue weighted by molar-refractivity contribution is 9.10. The molecule has 1 aromatic heterocycles. The topological polar surface area (TPSA) is 82.2 Å². The molecule has 1 heterocycles. The third-order valence-corrected chi connectivity index (χ3v) is 2.83. The van der Waals surface area contributed by atoms with Crippen LogP contribution in [0.5, 0.6) is 0 Å². The zero-order valence-electron chi connectivity index (χ0n) is 9.41. The number of para-hydroxylation sites is 1. The van der Waals surface area contributed by atoms with Crippen LogP contribution in [0.4, 0.5) is 10.1 Å². The van der Waals surface area contributed by atoms with Crippen LogP contribution in [0.1, 0.15) is 20.8 Å². The van der Waals surface area contributed by atoms with E-state index in [9.17, 15) is 14.0 Å². The number of hydrogen-bond donors (Lipinski definition) is 3. The van der Waals surface area contributed by atoms with Crippen molar-refractivity contribution in [2.75, 3.05) is 5.32 Å². The second-order valence-electron chi connectivity index (χ2n) is 3.65. The van der Waals surface area contributed by atoms with Gasteiger partial charge in [0.15, 0.2) is 0 Å². The van der Waals surface area contributed by atoms with Crippen LogP contribution in [0.2, 0.25) is 0 Å². The quantitative estimate of drug-likeness (QED) is 0.811. The second kappa shape index (κ2) is 5.23. The number of rotatable bonds is 3. The molecule has 0 bridgehead atoms. The summed E-state index contributed by atoms with van der Waals surface area (Å²) in [6.45, 7) is 0. The minimum absolute atomic E-state index is 0.187. The first-order valence-electron chi connectivity index (χ1n) is 5.16. The average Bonchev–Trinajstić information content (AvgIpc) is 2.78. The van der Waals surface area contributed by atoms with Crippen LogP contribution in [0.15, 0.2) is 34.9 Å². The van der Waals surface area contributed by atoms with E-state index in [2.05, 4.69) is 26.2 Å². The molecule has 0 saturated carbocycles. The summed E-state index contributed by atoms with van der Waals surface area (Å²) in [5.74, 6) is -2.75. The van der Waals surface area contributed by atoms with E-state index in [4.69, 9.17) is 5.11 Å². The highest BCUT2D eigenvalue weighted by atomic mass is 79.9. The Morgan fingerprint density at radius 1 is 1.37 bits per heavy atom. The second-order valence-corrected chi connectivity index (χ2v) is 4.57. The number of carbonyl (C=O) groups excluding carboxylic acids is 1. The van der Waals surface area contributed by atoms with E-state index in [1.165, 1.54) is 24.4 Å². The molecule has 0 aliphatic rings. The Kier molecular flexibility index (Phi) is 3.66. The van der Waals surface area contributed by atoms with Crippen molar-refractivity contribution in [1.82, 2.24) is 4.98 Å². The first-order chi connectivity index (χ1) is 8.99. The number of aromatic nitrogens is 1. The van der Waals surface area contributed by atoms with Gasteiger partial charge in [-0.3, -0.25) is 4.79 Å². The normalized spacial score (nSPS) is 10.2. The molecule has 0 unspecified atom stereocenters. The largest absolute Gasteiger partial charge is 0.478 e. The number of anilines is 1. The summed E-state index contributed by atoms with van der Waals surface area (Å²) in [5, 5.41) is 11.2. The van der Waals surface area contributed by atoms with E-state index >= 15 is 0 Å². The Hall–Kier alpha value is -2.15. The molecule has 1 amide bonds. The van der Waals surface area contributed by atoms with E-state index in [1.54, 1.807) is 0 Å². The van der Waals surface area contributed by atoms with Crippen LogP contribution < -0.4 is 5.32 Å². The number of hydrogen-bond acceptors (Lipinski definition) is 2. The number of aromatic carboxylic acids is 1. The van der Waals surface area contributed by atoms with Gasteiger partial charge in [-0.2, -0.15) is 0 Å². The molecule has 0 radical (unpaired) electrons. The highest BCUT2D eigenvalue weighted by Crippen LogP contribution is 2.21. The molecule has 1 aromatic carbocycles. The fraction of sp³-hybridized carbons (Fsp3) is 0. The minimum Gasteiger partial charge on any atom is -0.478 e. The van der Waals surface area contributed by atoms with Gasteiger partial charge >= 0.3 is 5.97 Å². The summed E-state index contributed by atoms with van der Waals surface area (Å²) < 4.78 is 14.3. The maximum atomic E-state index is 13.6. The van der Waals surface area contributed by atoms with Crippen LogP contribution >= 0.6 is 15.9 Å². The van der Waals surface area contributed by atoms with Crippen molar-refractivity contribution in [3.05, 3.63) is 52.0 Å². The van der Waals surface area contributed by atoms with Gasteiger partial charge in [0.1, 0.15) is 11.5 Å². The van der Waals surface area contributed by atoms with Crippen LogP contribution in [0, 0.1) is 5.82 Å². The summed E-state index contributed by atoms with van der Waals surface area (Å²) >= 11 is 3.16. The van der Waals surface area contributed by atoms with E-state index in [-0.39, 0.29) is 16.9 Å². The maximum absolute atomic E-state index is 13.6. The molecule has 98 valence electrons. The zero-order valence-corrected chi connectivity index (χ0v) is 11.0. The number of carboxylic acid groups (broad SMARTS) is 1. The van der Waals surface area contributed by atoms with E-state index in [0.29, 0.717) is 4.47 Å². The van der Waals surface area contributed by atoms with Crippen molar-refractivity contribution >= 4 is 33.5 Å². The lowest BCUT2D eigenvalue weighted by molar-refractivity contribution is 0.0697. The lowest BCUT2D eigenvalue weighted by Crippen LogP contribution is -2.16. The maximum Gasteiger partial charge on any atom is 0.337 e. The molecule has 5 nitrogen and oxygen atoms in total. The number of carboxylic acids is 1. The Morgan fingerprint density at radius 2 is 2.11 bits per heavy atom. The van der Waals surface area contributed by atoms with E-state index in [0.717, 1.165) is 6.07 Å². The van der Waals surface area contributed by atoms with Crippen molar-refractivity contribution in [3.8, 4) is 0 Å². The number of amides is 1. The molecule has 2 rings (SSSR count). The number of H-pyrrole nitrogens is 1. The summed E-state index contributed by atoms with van der Waals surface area (Å²) in [6, 6.07) is 5.05. The van der Waals surface area contributed by atoms with Gasteiger partial charge in [0.05, 0.1) is 11.3 Å². The monoisotopic (exact) mass is 326 g/mol. The predicted octanol–water partition coefficient (Wildman–Crippen LogP) is 2.87. The molecule has 0 aliphatic carbocycles. The molecule has 19 heavy (non-hydrogen) atoms. The molecule has 0 fully saturated rings. The van der Waals surface area contributed by atoms with Crippen molar-refractivity contribution in [3.63, 3.8) is 0 Å².